The second-order valence-corrected chi connectivity index (χ2v) is 7.32. The van der Waals surface area contributed by atoms with E-state index in [9.17, 15) is 14.0 Å². The fourth-order valence-corrected chi connectivity index (χ4v) is 3.88. The Bertz CT molecular complexity index is 866. The summed E-state index contributed by atoms with van der Waals surface area (Å²) in [6.45, 7) is 2.55. The zero-order valence-corrected chi connectivity index (χ0v) is 15.6. The van der Waals surface area contributed by atoms with Crippen molar-refractivity contribution in [3.8, 4) is 0 Å². The number of fused-ring (bicyclic) bond motifs is 1. The van der Waals surface area contributed by atoms with Crippen LogP contribution in [0.25, 0.3) is 0 Å². The minimum atomic E-state index is -0.477. The van der Waals surface area contributed by atoms with Crippen molar-refractivity contribution in [1.82, 2.24) is 19.6 Å². The van der Waals surface area contributed by atoms with Gasteiger partial charge in [0.2, 0.25) is 0 Å². The van der Waals surface area contributed by atoms with Crippen molar-refractivity contribution in [3.05, 3.63) is 52.1 Å². The third-order valence-electron chi connectivity index (χ3n) is 5.15. The van der Waals surface area contributed by atoms with Gasteiger partial charge in [-0.3, -0.25) is 14.3 Å². The summed E-state index contributed by atoms with van der Waals surface area (Å²) in [6.07, 6.45) is 3.18. The minimum Gasteiger partial charge on any atom is -0.335 e. The van der Waals surface area contributed by atoms with Crippen LogP contribution in [0.2, 0.25) is 5.02 Å². The van der Waals surface area contributed by atoms with Gasteiger partial charge in [0.1, 0.15) is 5.82 Å². The topological polar surface area (TPSA) is 58.4 Å². The van der Waals surface area contributed by atoms with Gasteiger partial charge < -0.3 is 9.80 Å². The Morgan fingerprint density at radius 1 is 0.963 bits per heavy atom. The molecule has 0 unspecified atom stereocenters. The van der Waals surface area contributed by atoms with E-state index < -0.39 is 5.82 Å². The minimum absolute atomic E-state index is 0.0937. The van der Waals surface area contributed by atoms with Crippen molar-refractivity contribution in [2.45, 2.75) is 25.8 Å². The largest absolute Gasteiger partial charge is 0.335 e. The lowest BCUT2D eigenvalue weighted by atomic mass is 10.1. The number of carbonyl (C=O) groups excluding carboxylic acids is 2. The molecule has 0 aliphatic carbocycles. The first kappa shape index (κ1) is 18.0. The molecule has 4 rings (SSSR count). The van der Waals surface area contributed by atoms with Gasteiger partial charge in [0.25, 0.3) is 11.8 Å². The van der Waals surface area contributed by atoms with Gasteiger partial charge in [-0.05, 0) is 43.5 Å². The van der Waals surface area contributed by atoms with Crippen LogP contribution in [0.5, 0.6) is 0 Å². The zero-order chi connectivity index (χ0) is 19.0. The van der Waals surface area contributed by atoms with Crippen LogP contribution in [-0.2, 0) is 13.0 Å². The average Bonchev–Trinajstić information content (AvgIpc) is 3.11. The van der Waals surface area contributed by atoms with Crippen molar-refractivity contribution in [2.75, 3.05) is 26.2 Å². The number of hydrogen-bond acceptors (Lipinski definition) is 3. The molecule has 27 heavy (non-hydrogen) atoms. The molecule has 0 radical (unpaired) electrons. The van der Waals surface area contributed by atoms with Crippen LogP contribution in [-0.4, -0.2) is 57.6 Å². The van der Waals surface area contributed by atoms with Crippen LogP contribution >= 0.6 is 11.6 Å². The summed E-state index contributed by atoms with van der Waals surface area (Å²) in [5.41, 5.74) is 1.87. The van der Waals surface area contributed by atoms with Gasteiger partial charge in [-0.25, -0.2) is 4.39 Å². The molecule has 3 heterocycles. The van der Waals surface area contributed by atoms with E-state index in [0.717, 1.165) is 37.6 Å². The lowest BCUT2D eigenvalue weighted by Gasteiger charge is -2.34. The normalized spacial score (nSPS) is 17.0. The van der Waals surface area contributed by atoms with Crippen LogP contribution in [0.1, 0.15) is 39.4 Å². The SMILES string of the molecule is O=C(c1cc2n(n1)CCCC2)N1CCN(C(=O)c2ccc(F)cc2Cl)CC1. The molecule has 142 valence electrons. The number of aryl methyl sites for hydroxylation is 2. The van der Waals surface area contributed by atoms with Gasteiger partial charge in [-0.1, -0.05) is 11.6 Å². The fraction of sp³-hybridized carbons (Fsp3) is 0.421. The highest BCUT2D eigenvalue weighted by atomic mass is 35.5. The predicted molar refractivity (Wildman–Crippen MR) is 98.4 cm³/mol. The van der Waals surface area contributed by atoms with Gasteiger partial charge in [-0.15, -0.1) is 0 Å². The Morgan fingerprint density at radius 3 is 2.33 bits per heavy atom. The molecule has 0 spiro atoms. The van der Waals surface area contributed by atoms with Gasteiger partial charge in [0.05, 0.1) is 10.6 Å². The highest BCUT2D eigenvalue weighted by Crippen LogP contribution is 2.21. The summed E-state index contributed by atoms with van der Waals surface area (Å²) in [5, 5.41) is 4.54. The third kappa shape index (κ3) is 3.56. The number of benzene rings is 1. The van der Waals surface area contributed by atoms with E-state index >= 15 is 0 Å². The molecule has 2 aliphatic rings. The Morgan fingerprint density at radius 2 is 1.67 bits per heavy atom. The molecular weight excluding hydrogens is 371 g/mol. The van der Waals surface area contributed by atoms with Crippen molar-refractivity contribution >= 4 is 23.4 Å². The third-order valence-corrected chi connectivity index (χ3v) is 5.46. The molecular formula is C19H20ClFN4O2. The van der Waals surface area contributed by atoms with E-state index in [2.05, 4.69) is 5.10 Å². The molecule has 0 atom stereocenters. The van der Waals surface area contributed by atoms with Crippen LogP contribution in [0.3, 0.4) is 0 Å². The van der Waals surface area contributed by atoms with Crippen LogP contribution < -0.4 is 0 Å². The zero-order valence-electron chi connectivity index (χ0n) is 14.8. The quantitative estimate of drug-likeness (QED) is 0.792. The van der Waals surface area contributed by atoms with Crippen molar-refractivity contribution in [1.29, 1.82) is 0 Å². The Kier molecular flexibility index (Phi) is 4.86. The molecule has 0 saturated carbocycles. The summed E-state index contributed by atoms with van der Waals surface area (Å²) >= 11 is 5.99. The summed E-state index contributed by atoms with van der Waals surface area (Å²) < 4.78 is 15.1. The number of nitrogens with zero attached hydrogens (tertiary/aromatic N) is 4. The summed E-state index contributed by atoms with van der Waals surface area (Å²) in [5.74, 6) is -0.817. The molecule has 2 amide bonds. The highest BCUT2D eigenvalue weighted by molar-refractivity contribution is 6.33. The van der Waals surface area contributed by atoms with E-state index in [1.807, 2.05) is 10.7 Å². The number of amides is 2. The van der Waals surface area contributed by atoms with E-state index in [4.69, 9.17) is 11.6 Å². The Balaban J connectivity index is 1.40. The summed E-state index contributed by atoms with van der Waals surface area (Å²) in [4.78, 5) is 28.7. The van der Waals surface area contributed by atoms with Gasteiger partial charge >= 0.3 is 0 Å². The molecule has 6 nitrogen and oxygen atoms in total. The number of hydrogen-bond donors (Lipinski definition) is 0. The van der Waals surface area contributed by atoms with Gasteiger partial charge in [-0.2, -0.15) is 5.10 Å². The summed E-state index contributed by atoms with van der Waals surface area (Å²) in [7, 11) is 0. The van der Waals surface area contributed by atoms with Crippen molar-refractivity contribution < 1.29 is 14.0 Å². The van der Waals surface area contributed by atoms with Crippen LogP contribution in [0.4, 0.5) is 4.39 Å². The van der Waals surface area contributed by atoms with Gasteiger partial charge in [0, 0.05) is 38.4 Å². The molecule has 1 aromatic carbocycles. The first-order valence-electron chi connectivity index (χ1n) is 9.13. The lowest BCUT2D eigenvalue weighted by molar-refractivity contribution is 0.0532. The van der Waals surface area contributed by atoms with Gasteiger partial charge in [0.15, 0.2) is 5.69 Å². The number of aromatic nitrogens is 2. The molecule has 8 heteroatoms. The Labute approximate surface area is 161 Å². The summed E-state index contributed by atoms with van der Waals surface area (Å²) in [6, 6.07) is 5.64. The molecule has 1 saturated heterocycles. The Hall–Kier alpha value is -2.41. The molecule has 2 aromatic rings. The van der Waals surface area contributed by atoms with Crippen molar-refractivity contribution in [3.63, 3.8) is 0 Å². The monoisotopic (exact) mass is 390 g/mol. The van der Waals surface area contributed by atoms with E-state index in [-0.39, 0.29) is 22.4 Å². The first-order valence-corrected chi connectivity index (χ1v) is 9.51. The van der Waals surface area contributed by atoms with Crippen LogP contribution in [0.15, 0.2) is 24.3 Å². The fourth-order valence-electron chi connectivity index (χ4n) is 3.63. The molecule has 1 aromatic heterocycles. The maximum atomic E-state index is 13.2. The van der Waals surface area contributed by atoms with Crippen molar-refractivity contribution in [2.24, 2.45) is 0 Å². The lowest BCUT2D eigenvalue weighted by Crippen LogP contribution is -2.50. The molecule has 0 bridgehead atoms. The number of piperazine rings is 1. The second kappa shape index (κ2) is 7.31. The maximum absolute atomic E-state index is 13.2. The standard InChI is InChI=1S/C19H20ClFN4O2/c20-16-11-13(21)4-5-15(16)18(26)23-7-9-24(10-8-23)19(27)17-12-14-3-1-2-6-25(14)22-17/h4-5,11-12H,1-3,6-10H2. The number of carbonyl (C=O) groups is 2. The first-order chi connectivity index (χ1) is 13.0. The maximum Gasteiger partial charge on any atom is 0.274 e. The average molecular weight is 391 g/mol. The van der Waals surface area contributed by atoms with E-state index in [1.54, 1.807) is 9.80 Å². The van der Waals surface area contributed by atoms with E-state index in [1.165, 1.54) is 12.1 Å². The molecule has 2 aliphatic heterocycles. The van der Waals surface area contributed by atoms with Crippen LogP contribution in [0, 0.1) is 5.82 Å². The smallest absolute Gasteiger partial charge is 0.274 e. The predicted octanol–water partition coefficient (Wildman–Crippen LogP) is 2.61. The number of halogens is 2. The molecule has 0 N–H and O–H groups in total. The second-order valence-electron chi connectivity index (χ2n) is 6.91. The van der Waals surface area contributed by atoms with E-state index in [0.29, 0.717) is 31.9 Å². The highest BCUT2D eigenvalue weighted by Gasteiger charge is 2.28. The molecule has 1 fully saturated rings. The number of rotatable bonds is 2.